The Balaban J connectivity index is 1.51. The molecule has 4 rings (SSSR count). The van der Waals surface area contributed by atoms with E-state index < -0.39 is 0 Å². The lowest BCUT2D eigenvalue weighted by molar-refractivity contribution is -0.115. The van der Waals surface area contributed by atoms with Gasteiger partial charge in [0.05, 0.1) is 19.5 Å². The van der Waals surface area contributed by atoms with E-state index in [1.807, 2.05) is 78.9 Å². The van der Waals surface area contributed by atoms with Gasteiger partial charge in [-0.1, -0.05) is 48.5 Å². The van der Waals surface area contributed by atoms with Gasteiger partial charge in [-0.25, -0.2) is 4.99 Å². The summed E-state index contributed by atoms with van der Waals surface area (Å²) in [7, 11) is 0. The first-order valence-electron chi connectivity index (χ1n) is 9.09. The summed E-state index contributed by atoms with van der Waals surface area (Å²) in [5.74, 6) is 0.558. The highest BCUT2D eigenvalue weighted by Gasteiger charge is 2.24. The molecule has 1 aliphatic heterocycles. The van der Waals surface area contributed by atoms with Crippen molar-refractivity contribution in [3.05, 3.63) is 97.8 Å². The quantitative estimate of drug-likeness (QED) is 0.365. The maximum absolute atomic E-state index is 12.3. The van der Waals surface area contributed by atoms with Gasteiger partial charge in [0.15, 0.2) is 5.17 Å². The Hall–Kier alpha value is -2.35. The third kappa shape index (κ3) is 5.22. The Morgan fingerprint density at radius 1 is 0.967 bits per heavy atom. The molecule has 1 aliphatic rings. The third-order valence-electron chi connectivity index (χ3n) is 4.18. The molecule has 0 spiro atoms. The van der Waals surface area contributed by atoms with Crippen LogP contribution in [-0.2, 0) is 11.4 Å². The van der Waals surface area contributed by atoms with Crippen molar-refractivity contribution in [3.8, 4) is 5.75 Å². The number of benzene rings is 3. The fourth-order valence-corrected chi connectivity index (χ4v) is 5.07. The van der Waals surface area contributed by atoms with Gasteiger partial charge < -0.3 is 10.1 Å². The number of para-hydroxylation sites is 1. The Kier molecular flexibility index (Phi) is 6.72. The van der Waals surface area contributed by atoms with Gasteiger partial charge in [-0.2, -0.15) is 0 Å². The molecule has 1 fully saturated rings. The van der Waals surface area contributed by atoms with Crippen LogP contribution in [0.1, 0.15) is 11.1 Å². The van der Waals surface area contributed by atoms with E-state index in [1.165, 1.54) is 11.8 Å². The first-order valence-corrected chi connectivity index (χ1v) is 11.5. The van der Waals surface area contributed by atoms with Crippen molar-refractivity contribution in [2.24, 2.45) is 4.99 Å². The molecule has 0 atom stereocenters. The van der Waals surface area contributed by atoms with Crippen LogP contribution in [0.5, 0.6) is 5.75 Å². The summed E-state index contributed by atoms with van der Waals surface area (Å²) in [6.07, 6.45) is 1.84. The minimum Gasteiger partial charge on any atom is -0.487 e. The fraction of sp³-hybridized carbons (Fsp3) is 0.0435. The molecule has 1 heterocycles. The van der Waals surface area contributed by atoms with Crippen LogP contribution >= 0.6 is 43.6 Å². The second kappa shape index (κ2) is 9.64. The minimum absolute atomic E-state index is 0.161. The van der Waals surface area contributed by atoms with Gasteiger partial charge in [0.1, 0.15) is 12.4 Å². The number of ether oxygens (including phenoxy) is 1. The Morgan fingerprint density at radius 2 is 1.60 bits per heavy atom. The number of hydrogen-bond donors (Lipinski definition) is 1. The number of amides is 1. The summed E-state index contributed by atoms with van der Waals surface area (Å²) >= 11 is 8.47. The number of aliphatic imine (C=N–C) groups is 1. The maximum Gasteiger partial charge on any atom is 0.264 e. The van der Waals surface area contributed by atoms with Gasteiger partial charge in [0.25, 0.3) is 5.91 Å². The van der Waals surface area contributed by atoms with Crippen molar-refractivity contribution in [2.75, 3.05) is 0 Å². The molecule has 1 saturated heterocycles. The van der Waals surface area contributed by atoms with E-state index in [-0.39, 0.29) is 5.91 Å². The molecule has 0 radical (unpaired) electrons. The van der Waals surface area contributed by atoms with Gasteiger partial charge in [-0.3, -0.25) is 4.79 Å². The highest BCUT2D eigenvalue weighted by atomic mass is 79.9. The van der Waals surface area contributed by atoms with Gasteiger partial charge in [-0.05, 0) is 85.1 Å². The topological polar surface area (TPSA) is 50.7 Å². The zero-order chi connectivity index (χ0) is 20.9. The lowest BCUT2D eigenvalue weighted by Gasteiger charge is -2.11. The predicted octanol–water partition coefficient (Wildman–Crippen LogP) is 6.68. The summed E-state index contributed by atoms with van der Waals surface area (Å²) in [4.78, 5) is 17.4. The molecule has 3 aromatic carbocycles. The number of amidine groups is 1. The predicted molar refractivity (Wildman–Crippen MR) is 130 cm³/mol. The molecule has 1 N–H and O–H groups in total. The van der Waals surface area contributed by atoms with E-state index in [0.29, 0.717) is 16.7 Å². The molecule has 0 bridgehead atoms. The van der Waals surface area contributed by atoms with Crippen LogP contribution in [0.25, 0.3) is 6.08 Å². The monoisotopic (exact) mass is 542 g/mol. The van der Waals surface area contributed by atoms with Crippen LogP contribution < -0.4 is 10.1 Å². The van der Waals surface area contributed by atoms with Crippen molar-refractivity contribution < 1.29 is 9.53 Å². The number of rotatable bonds is 5. The van der Waals surface area contributed by atoms with Crippen molar-refractivity contribution in [2.45, 2.75) is 6.61 Å². The molecular weight excluding hydrogens is 528 g/mol. The standard InChI is InChI=1S/C23H16Br2N2O2S/c24-18-11-16(12-19(25)21(18)29-14-15-7-3-1-4-8-15)13-20-22(28)27-23(30-20)26-17-9-5-2-6-10-17/h1-13H,14H2,(H,26,27,28)/b20-13-. The molecule has 0 aliphatic carbocycles. The van der Waals surface area contributed by atoms with Crippen LogP contribution in [-0.4, -0.2) is 11.1 Å². The molecule has 0 saturated carbocycles. The smallest absolute Gasteiger partial charge is 0.264 e. The van der Waals surface area contributed by atoms with Crippen LogP contribution in [0.3, 0.4) is 0 Å². The molecule has 7 heteroatoms. The normalized spacial score (nSPS) is 16.1. The summed E-state index contributed by atoms with van der Waals surface area (Å²) in [5.41, 5.74) is 2.76. The lowest BCUT2D eigenvalue weighted by atomic mass is 10.2. The van der Waals surface area contributed by atoms with Gasteiger partial charge >= 0.3 is 0 Å². The van der Waals surface area contributed by atoms with Gasteiger partial charge in [0, 0.05) is 0 Å². The zero-order valence-electron chi connectivity index (χ0n) is 15.6. The number of hydrogen-bond acceptors (Lipinski definition) is 4. The Labute approximate surface area is 195 Å². The largest absolute Gasteiger partial charge is 0.487 e. The van der Waals surface area contributed by atoms with Gasteiger partial charge in [-0.15, -0.1) is 0 Å². The van der Waals surface area contributed by atoms with Crippen molar-refractivity contribution in [1.29, 1.82) is 0 Å². The van der Waals surface area contributed by atoms with Crippen LogP contribution in [0.4, 0.5) is 5.69 Å². The molecular formula is C23H16Br2N2O2S. The van der Waals surface area contributed by atoms with Crippen molar-refractivity contribution in [1.82, 2.24) is 5.32 Å². The Morgan fingerprint density at radius 3 is 2.27 bits per heavy atom. The van der Waals surface area contributed by atoms with E-state index in [9.17, 15) is 4.79 Å². The number of carbonyl (C=O) groups excluding carboxylic acids is 1. The molecule has 0 unspecified atom stereocenters. The van der Waals surface area contributed by atoms with E-state index in [1.54, 1.807) is 0 Å². The first kappa shape index (κ1) is 20.9. The maximum atomic E-state index is 12.3. The van der Waals surface area contributed by atoms with Crippen LogP contribution in [0.2, 0.25) is 0 Å². The number of thioether (sulfide) groups is 1. The summed E-state index contributed by atoms with van der Waals surface area (Å²) in [6.45, 7) is 0.468. The Bertz CT molecular complexity index is 1110. The minimum atomic E-state index is -0.161. The van der Waals surface area contributed by atoms with Crippen LogP contribution in [0.15, 0.2) is 91.6 Å². The second-order valence-corrected chi connectivity index (χ2v) is 9.14. The van der Waals surface area contributed by atoms with Crippen molar-refractivity contribution >= 4 is 66.5 Å². The number of halogens is 2. The number of carbonyl (C=O) groups is 1. The number of nitrogens with zero attached hydrogens (tertiary/aromatic N) is 1. The average molecular weight is 544 g/mol. The average Bonchev–Trinajstić information content (AvgIpc) is 3.07. The third-order valence-corrected chi connectivity index (χ3v) is 6.27. The molecule has 150 valence electrons. The SMILES string of the molecule is O=C1NC(=Nc2ccccc2)S/C1=C\c1cc(Br)c(OCc2ccccc2)c(Br)c1. The van der Waals surface area contributed by atoms with E-state index in [4.69, 9.17) is 4.74 Å². The molecule has 30 heavy (non-hydrogen) atoms. The number of nitrogens with one attached hydrogen (secondary N) is 1. The van der Waals surface area contributed by atoms with E-state index in [2.05, 4.69) is 42.2 Å². The van der Waals surface area contributed by atoms with Crippen LogP contribution in [0, 0.1) is 0 Å². The first-order chi connectivity index (χ1) is 14.6. The second-order valence-electron chi connectivity index (χ2n) is 6.41. The molecule has 4 nitrogen and oxygen atoms in total. The fourth-order valence-electron chi connectivity index (χ4n) is 2.78. The lowest BCUT2D eigenvalue weighted by Crippen LogP contribution is -2.19. The van der Waals surface area contributed by atoms with Crippen molar-refractivity contribution in [3.63, 3.8) is 0 Å². The highest BCUT2D eigenvalue weighted by Crippen LogP contribution is 2.37. The summed E-state index contributed by atoms with van der Waals surface area (Å²) in [6, 6.07) is 23.4. The van der Waals surface area contributed by atoms with Gasteiger partial charge in [0.2, 0.25) is 0 Å². The van der Waals surface area contributed by atoms with E-state index >= 15 is 0 Å². The van der Waals surface area contributed by atoms with E-state index in [0.717, 1.165) is 31.5 Å². The molecule has 3 aromatic rings. The molecule has 0 aromatic heterocycles. The zero-order valence-corrected chi connectivity index (χ0v) is 19.6. The summed E-state index contributed by atoms with van der Waals surface area (Å²) in [5, 5.41) is 3.38. The summed E-state index contributed by atoms with van der Waals surface area (Å²) < 4.78 is 7.58. The highest BCUT2D eigenvalue weighted by molar-refractivity contribution is 9.11. The molecule has 1 amide bonds.